The first-order valence-electron chi connectivity index (χ1n) is 21.4. The highest BCUT2D eigenvalue weighted by atomic mass is 16.4. The molecule has 0 rings (SSSR count). The third-order valence-electron chi connectivity index (χ3n) is 9.70. The lowest BCUT2D eigenvalue weighted by molar-refractivity contribution is -0.140. The van der Waals surface area contributed by atoms with Gasteiger partial charge in [0.15, 0.2) is 0 Å². The Balaban J connectivity index is 6.05. The van der Waals surface area contributed by atoms with Gasteiger partial charge in [-0.1, -0.05) is 0 Å². The number of hydrogen-bond acceptors (Lipinski definition) is 18. The van der Waals surface area contributed by atoms with E-state index in [1.54, 1.807) is 0 Å². The fourth-order valence-corrected chi connectivity index (χ4v) is 5.72. The molecule has 0 bridgehead atoms. The average Bonchev–Trinajstić information content (AvgIpc) is 3.24. The highest BCUT2D eigenvalue weighted by molar-refractivity contribution is 5.98. The number of unbranched alkanes of at least 4 members (excludes halogenated alkanes) is 1. The van der Waals surface area contributed by atoms with Crippen molar-refractivity contribution in [2.24, 2.45) is 17.2 Å². The number of aliphatic hydroxyl groups is 4. The minimum absolute atomic E-state index is 0.0436. The van der Waals surface area contributed by atoms with E-state index in [2.05, 4.69) is 42.5 Å². The summed E-state index contributed by atoms with van der Waals surface area (Å²) in [6.45, 7) is 6.24. The van der Waals surface area contributed by atoms with Crippen molar-refractivity contribution >= 4 is 71.3 Å². The summed E-state index contributed by atoms with van der Waals surface area (Å²) in [4.78, 5) is 151. The highest BCUT2D eigenvalue weighted by Crippen LogP contribution is 2.07. The maximum Gasteiger partial charge on any atom is 0.305 e. The van der Waals surface area contributed by atoms with Gasteiger partial charge in [-0.25, -0.2) is 0 Å². The Morgan fingerprint density at radius 2 is 0.897 bits per heavy atom. The molecule has 0 aromatic carbocycles. The van der Waals surface area contributed by atoms with Gasteiger partial charge >= 0.3 is 5.97 Å². The van der Waals surface area contributed by atoms with Crippen LogP contribution in [0.4, 0.5) is 0 Å². The van der Waals surface area contributed by atoms with Crippen molar-refractivity contribution in [2.75, 3.05) is 13.2 Å². The molecule has 0 aromatic heterocycles. The number of carboxylic acids is 1. The molecule has 0 aliphatic carbocycles. The molecule has 29 nitrogen and oxygen atoms in total. The van der Waals surface area contributed by atoms with Gasteiger partial charge in [0.2, 0.25) is 59.1 Å². The molecule has 0 aromatic rings. The molecule has 20 N–H and O–H groups in total. The number of rotatable bonds is 32. The minimum atomic E-state index is -1.85. The van der Waals surface area contributed by atoms with Gasteiger partial charge in [-0.05, 0) is 73.8 Å². The first-order valence-corrected chi connectivity index (χ1v) is 21.4. The monoisotopic (exact) mass is 976 g/mol. The summed E-state index contributed by atoms with van der Waals surface area (Å²) in [5, 5.41) is 69.5. The zero-order chi connectivity index (χ0) is 52.6. The minimum Gasteiger partial charge on any atom is -0.481 e. The molecule has 10 amide bonds. The number of carbonyl (C=O) groups is 12. The van der Waals surface area contributed by atoms with Gasteiger partial charge in [-0.3, -0.25) is 52.7 Å². The SMILES string of the molecule is C[C@H](N)C(=O)N[C@H](C(=O)N[C@@H](CO)C(=O)N[C@@H](C)C(=O)N[C@@H](CCCCN)C(=O)N[C@@H](C)C(=O)N[C@H](C(=O)N[C@@H](CCC(N)=O)C(=O)N[C@H](C(=O)N[C@H](C=O)CC(=O)O)[C@@H](C)O)[C@@H](C)O)[C@@H](C)O. The second-order valence-electron chi connectivity index (χ2n) is 15.9. The molecular weight excluding hydrogens is 908 g/mol. The highest BCUT2D eigenvalue weighted by Gasteiger charge is 2.36. The lowest BCUT2D eigenvalue weighted by Crippen LogP contribution is -2.62. The Morgan fingerprint density at radius 3 is 1.31 bits per heavy atom. The summed E-state index contributed by atoms with van der Waals surface area (Å²) < 4.78 is 0. The first-order chi connectivity index (χ1) is 31.6. The number of nitrogens with two attached hydrogens (primary N) is 3. The second-order valence-corrected chi connectivity index (χ2v) is 15.9. The number of nitrogens with one attached hydrogen (secondary N) is 9. The fraction of sp³-hybridized carbons (Fsp3) is 0.692. The molecule has 386 valence electrons. The summed E-state index contributed by atoms with van der Waals surface area (Å²) in [5.41, 5.74) is 16.3. The summed E-state index contributed by atoms with van der Waals surface area (Å²) >= 11 is 0. The Bertz CT molecular complexity index is 1780. The quantitative estimate of drug-likeness (QED) is 0.0220. The molecular formula is C39H68N12O17. The molecule has 0 unspecified atom stereocenters. The Hall–Kier alpha value is -6.40. The van der Waals surface area contributed by atoms with E-state index in [0.717, 1.165) is 13.8 Å². The van der Waals surface area contributed by atoms with E-state index in [1.165, 1.54) is 27.7 Å². The number of aliphatic hydroxyl groups excluding tert-OH is 4. The third-order valence-corrected chi connectivity index (χ3v) is 9.70. The molecule has 0 radical (unpaired) electrons. The molecule has 13 atom stereocenters. The number of hydrogen-bond donors (Lipinski definition) is 17. The van der Waals surface area contributed by atoms with Crippen LogP contribution in [0.3, 0.4) is 0 Å². The Morgan fingerprint density at radius 1 is 0.515 bits per heavy atom. The smallest absolute Gasteiger partial charge is 0.305 e. The van der Waals surface area contributed by atoms with Crippen molar-refractivity contribution in [1.29, 1.82) is 0 Å². The normalized spacial score (nSPS) is 16.8. The zero-order valence-corrected chi connectivity index (χ0v) is 38.6. The average molecular weight is 977 g/mol. The van der Waals surface area contributed by atoms with Gasteiger partial charge in [-0.2, -0.15) is 0 Å². The van der Waals surface area contributed by atoms with Crippen molar-refractivity contribution < 1.29 is 83.1 Å². The van der Waals surface area contributed by atoms with E-state index in [9.17, 15) is 78.0 Å². The summed E-state index contributed by atoms with van der Waals surface area (Å²) in [5.74, 6) is -11.9. The number of aldehydes is 1. The van der Waals surface area contributed by atoms with E-state index in [0.29, 0.717) is 6.42 Å². The summed E-state index contributed by atoms with van der Waals surface area (Å²) in [6, 6.07) is -15.5. The van der Waals surface area contributed by atoms with Crippen LogP contribution in [0.15, 0.2) is 0 Å². The van der Waals surface area contributed by atoms with Crippen LogP contribution in [0.5, 0.6) is 0 Å². The first kappa shape index (κ1) is 61.6. The Labute approximate surface area is 390 Å². The molecule has 0 saturated carbocycles. The van der Waals surface area contributed by atoms with Crippen LogP contribution in [0, 0.1) is 0 Å². The van der Waals surface area contributed by atoms with Crippen LogP contribution >= 0.6 is 0 Å². The van der Waals surface area contributed by atoms with Crippen LogP contribution < -0.4 is 65.1 Å². The van der Waals surface area contributed by atoms with E-state index in [-0.39, 0.29) is 25.7 Å². The van der Waals surface area contributed by atoms with E-state index < -0.39 is 170 Å². The van der Waals surface area contributed by atoms with Crippen molar-refractivity contribution in [2.45, 2.75) is 159 Å². The second kappa shape index (κ2) is 30.8. The topological polar surface area (TPSA) is 492 Å². The molecule has 29 heteroatoms. The summed E-state index contributed by atoms with van der Waals surface area (Å²) in [6.07, 6.45) is -5.94. The van der Waals surface area contributed by atoms with Gasteiger partial charge in [-0.15, -0.1) is 0 Å². The van der Waals surface area contributed by atoms with Crippen molar-refractivity contribution in [3.63, 3.8) is 0 Å². The van der Waals surface area contributed by atoms with Crippen molar-refractivity contribution in [3.8, 4) is 0 Å². The van der Waals surface area contributed by atoms with Crippen LogP contribution in [0.2, 0.25) is 0 Å². The van der Waals surface area contributed by atoms with Crippen LogP contribution in [-0.2, 0) is 57.5 Å². The van der Waals surface area contributed by atoms with E-state index in [1.807, 2.05) is 5.32 Å². The zero-order valence-electron chi connectivity index (χ0n) is 38.6. The fourth-order valence-electron chi connectivity index (χ4n) is 5.72. The molecule has 0 fully saturated rings. The van der Waals surface area contributed by atoms with Gasteiger partial charge in [0, 0.05) is 6.42 Å². The van der Waals surface area contributed by atoms with Crippen LogP contribution in [0.1, 0.15) is 80.1 Å². The van der Waals surface area contributed by atoms with Gasteiger partial charge in [0.25, 0.3) is 0 Å². The number of amides is 10. The predicted octanol–water partition coefficient (Wildman–Crippen LogP) is -9.06. The summed E-state index contributed by atoms with van der Waals surface area (Å²) in [7, 11) is 0. The Kier molecular flexibility index (Phi) is 27.9. The van der Waals surface area contributed by atoms with Gasteiger partial charge < -0.3 is 95.4 Å². The number of carboxylic acid groups (broad SMARTS) is 1. The largest absolute Gasteiger partial charge is 0.481 e. The number of aliphatic carboxylic acids is 1. The third kappa shape index (κ3) is 22.4. The van der Waals surface area contributed by atoms with Crippen LogP contribution in [0.25, 0.3) is 0 Å². The molecule has 0 saturated heterocycles. The van der Waals surface area contributed by atoms with Crippen molar-refractivity contribution in [3.05, 3.63) is 0 Å². The van der Waals surface area contributed by atoms with Crippen molar-refractivity contribution in [1.82, 2.24) is 47.9 Å². The maximum atomic E-state index is 13.5. The maximum absolute atomic E-state index is 13.5. The van der Waals surface area contributed by atoms with Gasteiger partial charge in [0.1, 0.15) is 54.6 Å². The lowest BCUT2D eigenvalue weighted by Gasteiger charge is -2.28. The predicted molar refractivity (Wildman–Crippen MR) is 234 cm³/mol. The van der Waals surface area contributed by atoms with E-state index >= 15 is 0 Å². The molecule has 0 aliphatic heterocycles. The molecule has 0 spiro atoms. The van der Waals surface area contributed by atoms with Crippen LogP contribution in [-0.4, -0.2) is 189 Å². The molecule has 0 heterocycles. The molecule has 0 aliphatic rings. The van der Waals surface area contributed by atoms with E-state index in [4.69, 9.17) is 22.3 Å². The lowest BCUT2D eigenvalue weighted by atomic mass is 10.1. The number of carbonyl (C=O) groups excluding carboxylic acids is 11. The molecule has 68 heavy (non-hydrogen) atoms. The number of primary amides is 1. The standard InChI is InChI=1S/C39H68N12O17/c1-16(41)31(60)49-29(20(5)55)39(68)48-25(15-53)36(65)44-17(2)32(61)46-23(9-7-8-12-40)34(63)43-18(3)33(62)50-30(21(6)56)38(67)47-24(10-11-26(42)57)35(64)51-28(19(4)54)37(66)45-22(14-52)13-27(58)59/h14,16-25,28-30,53-56H,7-13,15,40-41H2,1-6H3,(H2,42,57)(H,43,63)(H,44,65)(H,45,66)(H,46,61)(H,47,67)(H,48,68)(H,49,60)(H,50,62)(H,51,64)(H,58,59)/t16-,17-,18-,19+,20+,21+,22-,23-,24-,25-,28-,29-,30-/m0/s1. The van der Waals surface area contributed by atoms with Gasteiger partial charge in [0.05, 0.1) is 43.4 Å².